The molecule has 0 N–H and O–H groups in total. The zero-order valence-electron chi connectivity index (χ0n) is 14.5. The number of benzene rings is 2. The summed E-state index contributed by atoms with van der Waals surface area (Å²) in [6.45, 7) is 3.97. The van der Waals surface area contributed by atoms with Gasteiger partial charge in [-0.15, -0.1) is 0 Å². The first-order valence-corrected chi connectivity index (χ1v) is 8.04. The van der Waals surface area contributed by atoms with Gasteiger partial charge in [0.15, 0.2) is 18.1 Å². The Labute approximate surface area is 146 Å². The largest absolute Gasteiger partial charge is 0.496 e. The quantitative estimate of drug-likeness (QED) is 0.404. The predicted octanol–water partition coefficient (Wildman–Crippen LogP) is 4.38. The van der Waals surface area contributed by atoms with E-state index >= 15 is 0 Å². The van der Waals surface area contributed by atoms with Crippen LogP contribution in [0, 0.1) is 10.1 Å². The summed E-state index contributed by atoms with van der Waals surface area (Å²) in [6, 6.07) is 11.6. The van der Waals surface area contributed by atoms with Gasteiger partial charge in [0.1, 0.15) is 5.75 Å². The van der Waals surface area contributed by atoms with Gasteiger partial charge in [-0.05, 0) is 30.0 Å². The van der Waals surface area contributed by atoms with Crippen LogP contribution in [0.2, 0.25) is 0 Å². The molecule has 2 rings (SSSR count). The molecule has 0 radical (unpaired) electrons. The highest BCUT2D eigenvalue weighted by Crippen LogP contribution is 2.31. The van der Waals surface area contributed by atoms with Crippen molar-refractivity contribution in [1.82, 2.24) is 0 Å². The molecule has 0 aromatic heterocycles. The van der Waals surface area contributed by atoms with E-state index in [0.717, 1.165) is 6.42 Å². The van der Waals surface area contributed by atoms with E-state index in [1.54, 1.807) is 18.2 Å². The molecule has 0 spiro atoms. The van der Waals surface area contributed by atoms with E-state index in [1.165, 1.54) is 24.8 Å². The molecule has 0 amide bonds. The minimum Gasteiger partial charge on any atom is -0.496 e. The molecule has 0 saturated carbocycles. The summed E-state index contributed by atoms with van der Waals surface area (Å²) in [5.41, 5.74) is 1.45. The molecule has 0 aliphatic carbocycles. The molecule has 0 bridgehead atoms. The first-order valence-electron chi connectivity index (χ1n) is 8.04. The molecular formula is C19H21NO5. The maximum absolute atomic E-state index is 12.3. The highest BCUT2D eigenvalue weighted by Gasteiger charge is 2.18. The molecule has 0 aliphatic rings. The van der Waals surface area contributed by atoms with Gasteiger partial charge in [-0.1, -0.05) is 38.1 Å². The number of ketones is 1. The third kappa shape index (κ3) is 4.56. The van der Waals surface area contributed by atoms with E-state index in [2.05, 4.69) is 13.8 Å². The van der Waals surface area contributed by atoms with Crippen LogP contribution in [0.4, 0.5) is 5.69 Å². The summed E-state index contributed by atoms with van der Waals surface area (Å²) >= 11 is 0. The fourth-order valence-electron chi connectivity index (χ4n) is 2.35. The molecule has 0 aliphatic heterocycles. The predicted molar refractivity (Wildman–Crippen MR) is 94.6 cm³/mol. The minimum absolute atomic E-state index is 0.0374. The van der Waals surface area contributed by atoms with Crippen molar-refractivity contribution in [2.24, 2.45) is 0 Å². The van der Waals surface area contributed by atoms with Gasteiger partial charge in [0.25, 0.3) is 0 Å². The second kappa shape index (κ2) is 8.28. The third-order valence-electron chi connectivity index (χ3n) is 4.14. The molecule has 0 heterocycles. The van der Waals surface area contributed by atoms with Gasteiger partial charge in [0.05, 0.1) is 18.1 Å². The van der Waals surface area contributed by atoms with Gasteiger partial charge < -0.3 is 9.47 Å². The number of carbonyl (C=O) groups excluding carboxylic acids is 1. The molecule has 132 valence electrons. The lowest BCUT2D eigenvalue weighted by molar-refractivity contribution is -0.385. The molecule has 0 fully saturated rings. The zero-order chi connectivity index (χ0) is 18.4. The van der Waals surface area contributed by atoms with Crippen molar-refractivity contribution in [3.8, 4) is 11.5 Å². The molecule has 2 aromatic carbocycles. The zero-order valence-corrected chi connectivity index (χ0v) is 14.5. The average molecular weight is 343 g/mol. The van der Waals surface area contributed by atoms with Crippen molar-refractivity contribution in [2.45, 2.75) is 26.2 Å². The van der Waals surface area contributed by atoms with Crippen LogP contribution in [-0.4, -0.2) is 24.4 Å². The topological polar surface area (TPSA) is 78.7 Å². The summed E-state index contributed by atoms with van der Waals surface area (Å²) in [5, 5.41) is 11.1. The second-order valence-corrected chi connectivity index (χ2v) is 5.73. The van der Waals surface area contributed by atoms with Gasteiger partial charge >= 0.3 is 5.69 Å². The van der Waals surface area contributed by atoms with Crippen molar-refractivity contribution in [3.63, 3.8) is 0 Å². The normalized spacial score (nSPS) is 11.6. The van der Waals surface area contributed by atoms with Crippen LogP contribution in [0.15, 0.2) is 42.5 Å². The summed E-state index contributed by atoms with van der Waals surface area (Å²) in [4.78, 5) is 22.8. The molecule has 6 heteroatoms. The monoisotopic (exact) mass is 343 g/mol. The van der Waals surface area contributed by atoms with Gasteiger partial charge in [-0.2, -0.15) is 0 Å². The minimum atomic E-state index is -0.566. The lowest BCUT2D eigenvalue weighted by Gasteiger charge is -2.10. The highest BCUT2D eigenvalue weighted by molar-refractivity contribution is 5.97. The summed E-state index contributed by atoms with van der Waals surface area (Å²) in [7, 11) is 1.42. The van der Waals surface area contributed by atoms with Crippen LogP contribution in [0.25, 0.3) is 0 Å². The fourth-order valence-corrected chi connectivity index (χ4v) is 2.35. The number of carbonyl (C=O) groups is 1. The Morgan fingerprint density at radius 1 is 1.20 bits per heavy atom. The van der Waals surface area contributed by atoms with Gasteiger partial charge in [-0.25, -0.2) is 0 Å². The number of rotatable bonds is 8. The number of Topliss-reactive ketones (excluding diaryl/α,β-unsaturated/α-hetero) is 1. The second-order valence-electron chi connectivity index (χ2n) is 5.73. The van der Waals surface area contributed by atoms with Crippen LogP contribution in [-0.2, 0) is 0 Å². The maximum Gasteiger partial charge on any atom is 0.314 e. The van der Waals surface area contributed by atoms with Crippen molar-refractivity contribution in [2.75, 3.05) is 13.7 Å². The van der Waals surface area contributed by atoms with E-state index in [4.69, 9.17) is 9.47 Å². The average Bonchev–Trinajstić information content (AvgIpc) is 2.65. The molecule has 0 unspecified atom stereocenters. The number of hydrogen-bond acceptors (Lipinski definition) is 5. The van der Waals surface area contributed by atoms with Crippen LogP contribution in [0.5, 0.6) is 11.5 Å². The number of nitrogens with zero attached hydrogens (tertiary/aromatic N) is 1. The Morgan fingerprint density at radius 2 is 1.88 bits per heavy atom. The lowest BCUT2D eigenvalue weighted by Crippen LogP contribution is -2.12. The number of methoxy groups -OCH3 is 1. The first-order chi connectivity index (χ1) is 12.0. The van der Waals surface area contributed by atoms with E-state index < -0.39 is 4.92 Å². The lowest BCUT2D eigenvalue weighted by atomic mass is 9.97. The Hall–Kier alpha value is -2.89. The number of nitro benzene ring substituents is 1. The van der Waals surface area contributed by atoms with E-state index in [9.17, 15) is 14.9 Å². The van der Waals surface area contributed by atoms with Crippen LogP contribution in [0.3, 0.4) is 0 Å². The molecule has 2 aromatic rings. The molecule has 0 saturated heterocycles. The van der Waals surface area contributed by atoms with Crippen molar-refractivity contribution in [1.29, 1.82) is 0 Å². The fraction of sp³-hybridized carbons (Fsp3) is 0.316. The van der Waals surface area contributed by atoms with E-state index in [-0.39, 0.29) is 23.8 Å². The Bertz CT molecular complexity index is 755. The number of nitro groups is 1. The molecule has 6 nitrogen and oxygen atoms in total. The summed E-state index contributed by atoms with van der Waals surface area (Å²) < 4.78 is 10.3. The standard InChI is InChI=1S/C19H21NO5/c1-4-13(2)14-5-7-15(8-6-14)18(21)12-25-19-10-9-16(24-3)11-17(19)20(22)23/h5-11,13H,4,12H2,1-3H3/t13-/m0/s1. The summed E-state index contributed by atoms with van der Waals surface area (Å²) in [5.74, 6) is 0.588. The molecule has 25 heavy (non-hydrogen) atoms. The molecule has 1 atom stereocenters. The first kappa shape index (κ1) is 18.4. The Morgan fingerprint density at radius 3 is 2.44 bits per heavy atom. The smallest absolute Gasteiger partial charge is 0.314 e. The van der Waals surface area contributed by atoms with E-state index in [1.807, 2.05) is 12.1 Å². The van der Waals surface area contributed by atoms with Crippen molar-refractivity contribution in [3.05, 3.63) is 63.7 Å². The van der Waals surface area contributed by atoms with Crippen LogP contribution in [0.1, 0.15) is 42.1 Å². The Balaban J connectivity index is 2.08. The van der Waals surface area contributed by atoms with E-state index in [0.29, 0.717) is 17.2 Å². The SMILES string of the molecule is CC[C@H](C)c1ccc(C(=O)COc2ccc(OC)cc2[N+](=O)[O-])cc1. The highest BCUT2D eigenvalue weighted by atomic mass is 16.6. The molecular weight excluding hydrogens is 322 g/mol. The third-order valence-corrected chi connectivity index (χ3v) is 4.14. The Kier molecular flexibility index (Phi) is 6.11. The maximum atomic E-state index is 12.3. The number of ether oxygens (including phenoxy) is 2. The van der Waals surface area contributed by atoms with Gasteiger partial charge in [-0.3, -0.25) is 14.9 Å². The number of hydrogen-bond donors (Lipinski definition) is 0. The van der Waals surface area contributed by atoms with Gasteiger partial charge in [0, 0.05) is 5.56 Å². The van der Waals surface area contributed by atoms with Crippen molar-refractivity contribution < 1.29 is 19.2 Å². The van der Waals surface area contributed by atoms with Crippen LogP contribution < -0.4 is 9.47 Å². The van der Waals surface area contributed by atoms with Crippen molar-refractivity contribution >= 4 is 11.5 Å². The van der Waals surface area contributed by atoms with Crippen LogP contribution >= 0.6 is 0 Å². The summed E-state index contributed by atoms with van der Waals surface area (Å²) in [6.07, 6.45) is 1.03. The van der Waals surface area contributed by atoms with Gasteiger partial charge in [0.2, 0.25) is 0 Å².